The summed E-state index contributed by atoms with van der Waals surface area (Å²) >= 11 is 0. The molecule has 0 aliphatic heterocycles. The molecule has 0 radical (unpaired) electrons. The van der Waals surface area contributed by atoms with Crippen molar-refractivity contribution in [1.29, 1.82) is 0 Å². The Morgan fingerprint density at radius 3 is 2.85 bits per heavy atom. The minimum absolute atomic E-state index is 0.286. The highest BCUT2D eigenvalue weighted by Gasteiger charge is 2.16. The Hall–Kier alpha value is -1.00. The van der Waals surface area contributed by atoms with Crippen molar-refractivity contribution in [2.45, 2.75) is 25.5 Å². The zero-order valence-corrected chi connectivity index (χ0v) is 7.44. The van der Waals surface area contributed by atoms with Gasteiger partial charge in [0.05, 0.1) is 5.69 Å². The summed E-state index contributed by atoms with van der Waals surface area (Å²) in [7, 11) is 0. The van der Waals surface area contributed by atoms with Crippen LogP contribution in [0.15, 0.2) is 18.2 Å². The topological polar surface area (TPSA) is 59.1 Å². The molecule has 0 bridgehead atoms. The number of rotatable bonds is 3. The van der Waals surface area contributed by atoms with Gasteiger partial charge in [-0.05, 0) is 18.6 Å². The number of halogens is 1. The lowest BCUT2D eigenvalue weighted by Gasteiger charge is -2.15. The minimum Gasteiger partial charge on any atom is -0.385 e. The second-order valence-electron chi connectivity index (χ2n) is 2.90. The Bertz CT molecular complexity index is 280. The van der Waals surface area contributed by atoms with E-state index in [9.17, 15) is 9.50 Å². The van der Waals surface area contributed by atoms with Crippen molar-refractivity contribution in [2.75, 3.05) is 0 Å². The predicted octanol–water partition coefficient (Wildman–Crippen LogP) is 0.991. The Labute approximate surface area is 76.4 Å². The summed E-state index contributed by atoms with van der Waals surface area (Å²) in [6.45, 7) is 1.85. The molecule has 1 aromatic heterocycles. The smallest absolute Gasteiger partial charge is 0.213 e. The van der Waals surface area contributed by atoms with Crippen molar-refractivity contribution in [3.8, 4) is 0 Å². The number of nitrogens with two attached hydrogens (primary N) is 1. The van der Waals surface area contributed by atoms with Crippen LogP contribution < -0.4 is 5.73 Å². The van der Waals surface area contributed by atoms with E-state index in [1.165, 1.54) is 12.1 Å². The van der Waals surface area contributed by atoms with E-state index in [0.717, 1.165) is 0 Å². The molecule has 0 aromatic carbocycles. The lowest BCUT2D eigenvalue weighted by molar-refractivity contribution is 0.139. The van der Waals surface area contributed by atoms with Crippen molar-refractivity contribution in [3.05, 3.63) is 29.8 Å². The van der Waals surface area contributed by atoms with Gasteiger partial charge in [0, 0.05) is 6.04 Å². The molecule has 0 saturated carbocycles. The van der Waals surface area contributed by atoms with Crippen LogP contribution in [0, 0.1) is 5.95 Å². The van der Waals surface area contributed by atoms with Crippen LogP contribution in [-0.4, -0.2) is 16.1 Å². The minimum atomic E-state index is -0.888. The van der Waals surface area contributed by atoms with Gasteiger partial charge in [0.25, 0.3) is 0 Å². The van der Waals surface area contributed by atoms with Gasteiger partial charge in [0.1, 0.15) is 6.10 Å². The van der Waals surface area contributed by atoms with Crippen LogP contribution in [0.1, 0.15) is 25.1 Å². The zero-order chi connectivity index (χ0) is 9.84. The van der Waals surface area contributed by atoms with Crippen molar-refractivity contribution in [2.24, 2.45) is 5.73 Å². The second kappa shape index (κ2) is 4.30. The van der Waals surface area contributed by atoms with Crippen LogP contribution in [0.3, 0.4) is 0 Å². The van der Waals surface area contributed by atoms with Gasteiger partial charge >= 0.3 is 0 Å². The summed E-state index contributed by atoms with van der Waals surface area (Å²) in [4.78, 5) is 3.55. The van der Waals surface area contributed by atoms with E-state index >= 15 is 0 Å². The fourth-order valence-corrected chi connectivity index (χ4v) is 1.03. The first-order valence-corrected chi connectivity index (χ1v) is 4.21. The van der Waals surface area contributed by atoms with Gasteiger partial charge in [-0.1, -0.05) is 13.0 Å². The molecule has 3 nitrogen and oxygen atoms in total. The Morgan fingerprint density at radius 2 is 2.31 bits per heavy atom. The third kappa shape index (κ3) is 2.47. The zero-order valence-electron chi connectivity index (χ0n) is 7.44. The molecule has 0 unspecified atom stereocenters. The summed E-state index contributed by atoms with van der Waals surface area (Å²) in [6, 6.07) is 3.90. The van der Waals surface area contributed by atoms with E-state index in [1.54, 1.807) is 6.07 Å². The molecular formula is C9H13FN2O. The van der Waals surface area contributed by atoms with Crippen LogP contribution in [0.5, 0.6) is 0 Å². The molecule has 0 fully saturated rings. The highest BCUT2D eigenvalue weighted by molar-refractivity contribution is 5.09. The molecule has 0 saturated heterocycles. The molecule has 3 N–H and O–H groups in total. The first-order valence-electron chi connectivity index (χ1n) is 4.21. The Kier molecular flexibility index (Phi) is 3.33. The van der Waals surface area contributed by atoms with E-state index in [2.05, 4.69) is 4.98 Å². The van der Waals surface area contributed by atoms with Crippen LogP contribution in [0.25, 0.3) is 0 Å². The van der Waals surface area contributed by atoms with Gasteiger partial charge in [0.15, 0.2) is 0 Å². The highest BCUT2D eigenvalue weighted by Crippen LogP contribution is 2.14. The van der Waals surface area contributed by atoms with E-state index < -0.39 is 18.1 Å². The van der Waals surface area contributed by atoms with Crippen molar-refractivity contribution >= 4 is 0 Å². The summed E-state index contributed by atoms with van der Waals surface area (Å²) in [5, 5.41) is 9.56. The van der Waals surface area contributed by atoms with E-state index in [1.807, 2.05) is 6.92 Å². The molecule has 0 spiro atoms. The lowest BCUT2D eigenvalue weighted by atomic mass is 10.1. The largest absolute Gasteiger partial charge is 0.385 e. The molecule has 72 valence electrons. The summed E-state index contributed by atoms with van der Waals surface area (Å²) in [5.41, 5.74) is 5.87. The average molecular weight is 184 g/mol. The number of hydrogen-bond acceptors (Lipinski definition) is 3. The molecule has 0 amide bonds. The third-order valence-corrected chi connectivity index (χ3v) is 1.92. The molecule has 0 aliphatic carbocycles. The molecule has 2 atom stereocenters. The SMILES string of the molecule is CC[C@H](N)[C@H](O)c1cccc(F)n1. The summed E-state index contributed by atoms with van der Waals surface area (Å²) in [5.74, 6) is -0.597. The van der Waals surface area contributed by atoms with Crippen molar-refractivity contribution < 1.29 is 9.50 Å². The quantitative estimate of drug-likeness (QED) is 0.689. The number of nitrogens with zero attached hydrogens (tertiary/aromatic N) is 1. The molecule has 0 aliphatic rings. The maximum Gasteiger partial charge on any atom is 0.213 e. The Morgan fingerprint density at radius 1 is 1.62 bits per heavy atom. The van der Waals surface area contributed by atoms with Gasteiger partial charge < -0.3 is 10.8 Å². The van der Waals surface area contributed by atoms with Gasteiger partial charge in [-0.15, -0.1) is 0 Å². The van der Waals surface area contributed by atoms with Crippen molar-refractivity contribution in [1.82, 2.24) is 4.98 Å². The fourth-order valence-electron chi connectivity index (χ4n) is 1.03. The lowest BCUT2D eigenvalue weighted by Crippen LogP contribution is -2.28. The molecule has 4 heteroatoms. The van der Waals surface area contributed by atoms with Crippen LogP contribution >= 0.6 is 0 Å². The van der Waals surface area contributed by atoms with Gasteiger partial charge in [-0.3, -0.25) is 0 Å². The molecule has 13 heavy (non-hydrogen) atoms. The number of aliphatic hydroxyl groups excluding tert-OH is 1. The maximum absolute atomic E-state index is 12.6. The third-order valence-electron chi connectivity index (χ3n) is 1.92. The number of hydrogen-bond donors (Lipinski definition) is 2. The predicted molar refractivity (Wildman–Crippen MR) is 47.4 cm³/mol. The molecular weight excluding hydrogens is 171 g/mol. The Balaban J connectivity index is 2.82. The average Bonchev–Trinajstić information content (AvgIpc) is 2.15. The fraction of sp³-hybridized carbons (Fsp3) is 0.444. The van der Waals surface area contributed by atoms with E-state index in [4.69, 9.17) is 5.73 Å². The molecule has 1 rings (SSSR count). The first-order chi connectivity index (χ1) is 6.15. The van der Waals surface area contributed by atoms with E-state index in [0.29, 0.717) is 6.42 Å². The number of aliphatic hydroxyl groups is 1. The summed E-state index contributed by atoms with van der Waals surface area (Å²) < 4.78 is 12.6. The van der Waals surface area contributed by atoms with Crippen LogP contribution in [0.4, 0.5) is 4.39 Å². The van der Waals surface area contributed by atoms with Crippen LogP contribution in [0.2, 0.25) is 0 Å². The maximum atomic E-state index is 12.6. The normalized spacial score (nSPS) is 15.4. The molecule has 1 heterocycles. The molecule has 1 aromatic rings. The number of aromatic nitrogens is 1. The monoisotopic (exact) mass is 184 g/mol. The first kappa shape index (κ1) is 10.1. The number of pyridine rings is 1. The van der Waals surface area contributed by atoms with Crippen LogP contribution in [-0.2, 0) is 0 Å². The van der Waals surface area contributed by atoms with Crippen molar-refractivity contribution in [3.63, 3.8) is 0 Å². The van der Waals surface area contributed by atoms with Gasteiger partial charge in [-0.2, -0.15) is 4.39 Å². The standard InChI is InChI=1S/C9H13FN2O/c1-2-6(11)9(13)7-4-3-5-8(10)12-7/h3-6,9,13H,2,11H2,1H3/t6-,9-/m0/s1. The van der Waals surface area contributed by atoms with Gasteiger partial charge in [0.2, 0.25) is 5.95 Å². The van der Waals surface area contributed by atoms with E-state index in [-0.39, 0.29) is 5.69 Å². The summed E-state index contributed by atoms with van der Waals surface area (Å²) in [6.07, 6.45) is -0.264. The second-order valence-corrected chi connectivity index (χ2v) is 2.90. The highest BCUT2D eigenvalue weighted by atomic mass is 19.1. The van der Waals surface area contributed by atoms with Gasteiger partial charge in [-0.25, -0.2) is 4.98 Å².